The first-order valence-corrected chi connectivity index (χ1v) is 15.8. The number of carbonyl (C=O) groups excluding carboxylic acids is 2. The first kappa shape index (κ1) is 34.5. The summed E-state index contributed by atoms with van der Waals surface area (Å²) in [5, 5.41) is 17.8. The van der Waals surface area contributed by atoms with Crippen molar-refractivity contribution in [1.29, 1.82) is 0 Å². The van der Waals surface area contributed by atoms with Crippen LogP contribution in [-0.2, 0) is 26.9 Å². The number of rotatable bonds is 12. The van der Waals surface area contributed by atoms with Crippen molar-refractivity contribution in [3.63, 3.8) is 0 Å². The molecule has 47 heavy (non-hydrogen) atoms. The maximum absolute atomic E-state index is 12.8. The highest BCUT2D eigenvalue weighted by molar-refractivity contribution is 7.86. The van der Waals surface area contributed by atoms with Gasteiger partial charge in [-0.2, -0.15) is 18.4 Å². The van der Waals surface area contributed by atoms with Crippen LogP contribution in [0.1, 0.15) is 65.6 Å². The van der Waals surface area contributed by atoms with E-state index in [4.69, 9.17) is 11.5 Å². The zero-order chi connectivity index (χ0) is 34.5. The van der Waals surface area contributed by atoms with Crippen molar-refractivity contribution >= 4 is 56.5 Å². The predicted molar refractivity (Wildman–Crippen MR) is 173 cm³/mol. The number of hydrogen-bond donors (Lipinski definition) is 7. The molecular formula is C30H35N9O7S. The van der Waals surface area contributed by atoms with E-state index in [1.807, 2.05) is 20.8 Å². The second-order valence-electron chi connectivity index (χ2n) is 11.6. The molecule has 0 aliphatic rings. The van der Waals surface area contributed by atoms with Crippen molar-refractivity contribution in [2.45, 2.75) is 56.5 Å². The number of aliphatic carboxylic acids is 1. The van der Waals surface area contributed by atoms with Crippen molar-refractivity contribution in [1.82, 2.24) is 30.6 Å². The number of fused-ring (bicyclic) bond motifs is 1. The molecule has 0 spiro atoms. The lowest BCUT2D eigenvalue weighted by molar-refractivity contribution is -0.139. The van der Waals surface area contributed by atoms with E-state index in [0.29, 0.717) is 22.5 Å². The van der Waals surface area contributed by atoms with Crippen LogP contribution >= 0.6 is 0 Å². The lowest BCUT2D eigenvalue weighted by Gasteiger charge is -2.20. The first-order chi connectivity index (χ1) is 22.0. The van der Waals surface area contributed by atoms with Gasteiger partial charge in [-0.05, 0) is 60.2 Å². The van der Waals surface area contributed by atoms with Crippen LogP contribution in [0, 0.1) is 0 Å². The summed E-state index contributed by atoms with van der Waals surface area (Å²) in [5.41, 5.74) is 13.4. The highest BCUT2D eigenvalue weighted by Crippen LogP contribution is 2.27. The third kappa shape index (κ3) is 8.86. The fourth-order valence-electron chi connectivity index (χ4n) is 4.49. The zero-order valence-corrected chi connectivity index (χ0v) is 26.6. The minimum Gasteiger partial charge on any atom is -0.480 e. The Morgan fingerprint density at radius 1 is 0.979 bits per heavy atom. The van der Waals surface area contributed by atoms with Crippen molar-refractivity contribution in [3.05, 3.63) is 71.0 Å². The van der Waals surface area contributed by atoms with E-state index in [0.717, 1.165) is 0 Å². The van der Waals surface area contributed by atoms with Gasteiger partial charge in [-0.3, -0.25) is 14.1 Å². The van der Waals surface area contributed by atoms with E-state index in [2.05, 4.69) is 35.9 Å². The van der Waals surface area contributed by atoms with Crippen molar-refractivity contribution in [2.24, 2.45) is 0 Å². The van der Waals surface area contributed by atoms with Gasteiger partial charge in [0.1, 0.15) is 10.9 Å². The van der Waals surface area contributed by atoms with Gasteiger partial charge >= 0.3 is 5.97 Å². The predicted octanol–water partition coefficient (Wildman–Crippen LogP) is 2.13. The number of nitrogen functional groups attached to an aromatic ring is 2. The van der Waals surface area contributed by atoms with Gasteiger partial charge in [-0.1, -0.05) is 26.8 Å². The standard InChI is InChI=1S/C30H35N9O7S/c1-30(2,3)17-8-11-20(22(13-17)47(44,45)46)27(41)33-12-4-5-21(28(42)43)37-26(40)16-6-9-18(10-7-16)34-14-19-15-35-25-23(36-19)24(31)38-29(32)39-25/h6-11,13,15,21,34H,4-5,12,14H2,1-3H3,(H,33,41)(H,37,40)(H,42,43)(H,44,45,46)(H4,31,32,35,38,39)/t21-/m0/s1. The van der Waals surface area contributed by atoms with E-state index < -0.39 is 44.3 Å². The summed E-state index contributed by atoms with van der Waals surface area (Å²) in [6.45, 7) is 5.83. The van der Waals surface area contributed by atoms with Gasteiger partial charge in [0, 0.05) is 17.8 Å². The van der Waals surface area contributed by atoms with E-state index in [1.54, 1.807) is 18.2 Å². The summed E-state index contributed by atoms with van der Waals surface area (Å²) in [5.74, 6) is -2.52. The highest BCUT2D eigenvalue weighted by atomic mass is 32.2. The van der Waals surface area contributed by atoms with Gasteiger partial charge in [0.25, 0.3) is 21.9 Å². The van der Waals surface area contributed by atoms with E-state index in [1.165, 1.54) is 30.5 Å². The molecule has 9 N–H and O–H groups in total. The van der Waals surface area contributed by atoms with Crippen LogP contribution in [0.3, 0.4) is 0 Å². The number of nitrogens with two attached hydrogens (primary N) is 2. The molecule has 0 bridgehead atoms. The van der Waals surface area contributed by atoms with Crippen LogP contribution in [-0.4, -0.2) is 68.4 Å². The molecular weight excluding hydrogens is 630 g/mol. The highest BCUT2D eigenvalue weighted by Gasteiger charge is 2.25. The molecule has 17 heteroatoms. The summed E-state index contributed by atoms with van der Waals surface area (Å²) >= 11 is 0. The Morgan fingerprint density at radius 3 is 2.32 bits per heavy atom. The number of carboxylic acid groups (broad SMARTS) is 1. The Labute approximate surface area is 270 Å². The van der Waals surface area contributed by atoms with Gasteiger partial charge < -0.3 is 32.5 Å². The van der Waals surface area contributed by atoms with Crippen LogP contribution in [0.5, 0.6) is 0 Å². The van der Waals surface area contributed by atoms with Gasteiger partial charge in [0.2, 0.25) is 5.95 Å². The number of benzene rings is 2. The van der Waals surface area contributed by atoms with Crippen molar-refractivity contribution in [3.8, 4) is 0 Å². The van der Waals surface area contributed by atoms with Crippen LogP contribution in [0.4, 0.5) is 17.5 Å². The van der Waals surface area contributed by atoms with E-state index in [-0.39, 0.29) is 54.5 Å². The fraction of sp³-hybridized carbons (Fsp3) is 0.300. The van der Waals surface area contributed by atoms with Crippen molar-refractivity contribution < 1.29 is 32.5 Å². The lowest BCUT2D eigenvalue weighted by atomic mass is 9.86. The molecule has 0 saturated heterocycles. The Balaban J connectivity index is 1.30. The molecule has 0 fully saturated rings. The topological polar surface area (TPSA) is 266 Å². The molecule has 2 aromatic heterocycles. The number of nitrogens with one attached hydrogen (secondary N) is 3. The fourth-order valence-corrected chi connectivity index (χ4v) is 5.21. The number of anilines is 3. The summed E-state index contributed by atoms with van der Waals surface area (Å²) in [6, 6.07) is 9.25. The number of amides is 2. The maximum Gasteiger partial charge on any atom is 0.326 e. The molecule has 1 atom stereocenters. The lowest BCUT2D eigenvalue weighted by Crippen LogP contribution is -2.41. The molecule has 16 nitrogen and oxygen atoms in total. The third-order valence-electron chi connectivity index (χ3n) is 7.05. The minimum absolute atomic E-state index is 0.00444. The maximum atomic E-state index is 12.8. The molecule has 0 aliphatic carbocycles. The summed E-state index contributed by atoms with van der Waals surface area (Å²) < 4.78 is 33.6. The molecule has 0 unspecified atom stereocenters. The van der Waals surface area contributed by atoms with Crippen LogP contribution in [0.15, 0.2) is 53.6 Å². The smallest absolute Gasteiger partial charge is 0.326 e. The summed E-state index contributed by atoms with van der Waals surface area (Å²) in [4.78, 5) is 53.3. The monoisotopic (exact) mass is 665 g/mol. The molecule has 0 aliphatic heterocycles. The van der Waals surface area contributed by atoms with Crippen LogP contribution in [0.2, 0.25) is 0 Å². The number of carbonyl (C=O) groups is 3. The average Bonchev–Trinajstić information content (AvgIpc) is 3.00. The molecule has 0 radical (unpaired) electrons. The van der Waals surface area contributed by atoms with Crippen LogP contribution in [0.25, 0.3) is 11.2 Å². The second-order valence-corrected chi connectivity index (χ2v) is 13.0. The third-order valence-corrected chi connectivity index (χ3v) is 7.94. The van der Waals surface area contributed by atoms with E-state index >= 15 is 0 Å². The van der Waals surface area contributed by atoms with E-state index in [9.17, 15) is 32.5 Å². The number of hydrogen-bond acceptors (Lipinski definition) is 12. The first-order valence-electron chi connectivity index (χ1n) is 14.4. The molecule has 2 amide bonds. The Bertz CT molecular complexity index is 1930. The largest absolute Gasteiger partial charge is 0.480 e. The number of carboxylic acids is 1. The summed E-state index contributed by atoms with van der Waals surface area (Å²) in [7, 11) is -4.69. The summed E-state index contributed by atoms with van der Waals surface area (Å²) in [6.07, 6.45) is 1.64. The normalized spacial score (nSPS) is 12.3. The number of nitrogens with zero attached hydrogens (tertiary/aromatic N) is 4. The quantitative estimate of drug-likeness (QED) is 0.0844. The zero-order valence-electron chi connectivity index (χ0n) is 25.8. The average molecular weight is 666 g/mol. The Hall–Kier alpha value is -5.42. The van der Waals surface area contributed by atoms with Crippen molar-refractivity contribution in [2.75, 3.05) is 23.3 Å². The molecule has 0 saturated carbocycles. The number of aromatic nitrogens is 4. The SMILES string of the molecule is CC(C)(C)c1ccc(C(=O)NCCC[C@H](NC(=O)c2ccc(NCc3cnc4nc(N)nc(N)c4n3)cc2)C(=O)O)c(S(=O)(=O)O)c1. The molecule has 2 aromatic carbocycles. The second kappa shape index (κ2) is 13.9. The Kier molecular flexibility index (Phi) is 10.2. The molecule has 4 rings (SSSR count). The molecule has 4 aromatic rings. The Morgan fingerprint density at radius 2 is 1.68 bits per heavy atom. The van der Waals surface area contributed by atoms with Crippen LogP contribution < -0.4 is 27.4 Å². The van der Waals surface area contributed by atoms with Gasteiger partial charge in [0.15, 0.2) is 17.0 Å². The molecule has 2 heterocycles. The van der Waals surface area contributed by atoms with Gasteiger partial charge in [0.05, 0.1) is 24.0 Å². The molecule has 248 valence electrons. The van der Waals surface area contributed by atoms with Gasteiger partial charge in [-0.15, -0.1) is 0 Å². The van der Waals surface area contributed by atoms with Gasteiger partial charge in [-0.25, -0.2) is 14.8 Å². The minimum atomic E-state index is -4.69.